The summed E-state index contributed by atoms with van der Waals surface area (Å²) < 4.78 is 47.3. The molecule has 0 saturated carbocycles. The van der Waals surface area contributed by atoms with Crippen LogP contribution in [0.3, 0.4) is 0 Å². The number of ether oxygens (including phenoxy) is 2. The van der Waals surface area contributed by atoms with Gasteiger partial charge in [0.15, 0.2) is 0 Å². The molecule has 0 aliphatic rings. The number of amides is 1. The molecular weight excluding hydrogens is 411 g/mol. The summed E-state index contributed by atoms with van der Waals surface area (Å²) in [6.45, 7) is 2.94. The third kappa shape index (κ3) is 7.72. The Labute approximate surface area is 170 Å². The van der Waals surface area contributed by atoms with Crippen molar-refractivity contribution in [2.24, 2.45) is 5.92 Å². The zero-order chi connectivity index (χ0) is 22.9. The summed E-state index contributed by atoms with van der Waals surface area (Å²) in [5, 5.41) is 11.6. The molecular formula is C19H22F3NO7. The van der Waals surface area contributed by atoms with Crippen molar-refractivity contribution in [2.45, 2.75) is 38.9 Å². The van der Waals surface area contributed by atoms with Gasteiger partial charge >= 0.3 is 24.1 Å². The Kier molecular flexibility index (Phi) is 9.28. The molecule has 0 fully saturated rings. The van der Waals surface area contributed by atoms with Crippen molar-refractivity contribution in [1.29, 1.82) is 0 Å². The first kappa shape index (κ1) is 24.9. The van der Waals surface area contributed by atoms with Crippen LogP contribution in [0.25, 0.3) is 0 Å². The fourth-order valence-electron chi connectivity index (χ4n) is 2.54. The van der Waals surface area contributed by atoms with Gasteiger partial charge in [-0.05, 0) is 31.5 Å². The Bertz CT molecular complexity index is 762. The van der Waals surface area contributed by atoms with Crippen molar-refractivity contribution in [3.05, 3.63) is 35.4 Å². The standard InChI is InChI=1S/C19H22F3NO7/c1-3-29-15(25)10-13(18(28)30-4-2)16(17(26)27)23-14(24)9-11-5-7-12(8-6-11)19(20,21)22/h5-8,13,16H,3-4,9-10H2,1-2H3,(H,23,24)(H,26,27)/t13-,16+/m0/s1. The van der Waals surface area contributed by atoms with Crippen LogP contribution in [0.4, 0.5) is 13.2 Å². The molecule has 0 spiro atoms. The molecule has 166 valence electrons. The van der Waals surface area contributed by atoms with E-state index in [2.05, 4.69) is 5.32 Å². The molecule has 1 aromatic rings. The lowest BCUT2D eigenvalue weighted by molar-refractivity contribution is -0.160. The summed E-state index contributed by atoms with van der Waals surface area (Å²) in [6, 6.07) is 1.95. The number of benzene rings is 1. The Morgan fingerprint density at radius 2 is 1.60 bits per heavy atom. The van der Waals surface area contributed by atoms with Crippen molar-refractivity contribution >= 4 is 23.8 Å². The van der Waals surface area contributed by atoms with Crippen molar-refractivity contribution in [1.82, 2.24) is 5.32 Å². The van der Waals surface area contributed by atoms with Gasteiger partial charge in [-0.25, -0.2) is 4.79 Å². The minimum atomic E-state index is -4.53. The van der Waals surface area contributed by atoms with Crippen molar-refractivity contribution < 1.29 is 46.9 Å². The lowest BCUT2D eigenvalue weighted by Crippen LogP contribution is -2.50. The number of carboxylic acids is 1. The van der Waals surface area contributed by atoms with Gasteiger partial charge in [0.2, 0.25) is 5.91 Å². The molecule has 0 aliphatic carbocycles. The molecule has 2 N–H and O–H groups in total. The fraction of sp³-hybridized carbons (Fsp3) is 0.474. The highest BCUT2D eigenvalue weighted by atomic mass is 19.4. The number of nitrogens with one attached hydrogen (secondary N) is 1. The lowest BCUT2D eigenvalue weighted by atomic mass is 9.95. The van der Waals surface area contributed by atoms with Crippen molar-refractivity contribution in [3.8, 4) is 0 Å². The summed E-state index contributed by atoms with van der Waals surface area (Å²) in [4.78, 5) is 47.8. The van der Waals surface area contributed by atoms with Gasteiger partial charge in [0.05, 0.1) is 37.5 Å². The van der Waals surface area contributed by atoms with Crippen LogP contribution in [0.5, 0.6) is 0 Å². The van der Waals surface area contributed by atoms with Crippen LogP contribution < -0.4 is 5.32 Å². The Morgan fingerprint density at radius 3 is 2.07 bits per heavy atom. The van der Waals surface area contributed by atoms with Gasteiger partial charge in [-0.1, -0.05) is 12.1 Å². The van der Waals surface area contributed by atoms with Crippen molar-refractivity contribution in [2.75, 3.05) is 13.2 Å². The second kappa shape index (κ2) is 11.2. The number of halogens is 3. The zero-order valence-corrected chi connectivity index (χ0v) is 16.3. The summed E-state index contributed by atoms with van der Waals surface area (Å²) in [5.41, 5.74) is -0.699. The molecule has 1 rings (SSSR count). The lowest BCUT2D eigenvalue weighted by Gasteiger charge is -2.23. The van der Waals surface area contributed by atoms with E-state index in [9.17, 15) is 37.5 Å². The van der Waals surface area contributed by atoms with Crippen molar-refractivity contribution in [3.63, 3.8) is 0 Å². The van der Waals surface area contributed by atoms with E-state index in [1.165, 1.54) is 13.8 Å². The van der Waals surface area contributed by atoms with Crippen LogP contribution in [0, 0.1) is 5.92 Å². The van der Waals surface area contributed by atoms with E-state index in [-0.39, 0.29) is 18.8 Å². The van der Waals surface area contributed by atoms with Gasteiger partial charge in [-0.2, -0.15) is 13.2 Å². The fourth-order valence-corrected chi connectivity index (χ4v) is 2.54. The maximum atomic E-state index is 12.6. The number of hydrogen-bond donors (Lipinski definition) is 2. The monoisotopic (exact) mass is 433 g/mol. The van der Waals surface area contributed by atoms with Crippen LogP contribution in [0.2, 0.25) is 0 Å². The van der Waals surface area contributed by atoms with Gasteiger partial charge < -0.3 is 19.9 Å². The third-order valence-electron chi connectivity index (χ3n) is 3.91. The summed E-state index contributed by atoms with van der Waals surface area (Å²) in [7, 11) is 0. The highest BCUT2D eigenvalue weighted by Gasteiger charge is 2.38. The van der Waals surface area contributed by atoms with Gasteiger partial charge in [0.1, 0.15) is 6.04 Å². The number of alkyl halides is 3. The van der Waals surface area contributed by atoms with E-state index in [0.717, 1.165) is 24.3 Å². The summed E-state index contributed by atoms with van der Waals surface area (Å²) in [6.07, 6.45) is -5.60. The van der Waals surface area contributed by atoms with E-state index in [0.29, 0.717) is 0 Å². The molecule has 8 nitrogen and oxygen atoms in total. The smallest absolute Gasteiger partial charge is 0.416 e. The molecule has 0 aliphatic heterocycles. The van der Waals surface area contributed by atoms with E-state index in [1.54, 1.807) is 0 Å². The van der Waals surface area contributed by atoms with Gasteiger partial charge in [0, 0.05) is 0 Å². The summed E-state index contributed by atoms with van der Waals surface area (Å²) >= 11 is 0. The maximum absolute atomic E-state index is 12.6. The number of carbonyl (C=O) groups excluding carboxylic acids is 3. The van der Waals surface area contributed by atoms with Crippen LogP contribution in [0.15, 0.2) is 24.3 Å². The number of rotatable bonds is 10. The van der Waals surface area contributed by atoms with E-state index < -0.39 is 60.4 Å². The van der Waals surface area contributed by atoms with Gasteiger partial charge in [0.25, 0.3) is 0 Å². The highest BCUT2D eigenvalue weighted by Crippen LogP contribution is 2.29. The topological polar surface area (TPSA) is 119 Å². The average molecular weight is 433 g/mol. The first-order valence-corrected chi connectivity index (χ1v) is 9.00. The minimum Gasteiger partial charge on any atom is -0.480 e. The number of esters is 2. The molecule has 0 heterocycles. The van der Waals surface area contributed by atoms with Gasteiger partial charge in [-0.15, -0.1) is 0 Å². The normalized spacial score (nSPS) is 13.1. The molecule has 1 amide bonds. The van der Waals surface area contributed by atoms with Crippen LogP contribution in [-0.4, -0.2) is 48.2 Å². The second-order valence-corrected chi connectivity index (χ2v) is 6.12. The second-order valence-electron chi connectivity index (χ2n) is 6.12. The molecule has 11 heteroatoms. The zero-order valence-electron chi connectivity index (χ0n) is 16.3. The minimum absolute atomic E-state index is 0.00635. The third-order valence-corrected chi connectivity index (χ3v) is 3.91. The molecule has 1 aromatic carbocycles. The first-order chi connectivity index (χ1) is 14.0. The molecule has 30 heavy (non-hydrogen) atoms. The quantitative estimate of drug-likeness (QED) is 0.542. The SMILES string of the molecule is CCOC(=O)C[C@H](C(=O)OCC)[C@@H](NC(=O)Cc1ccc(C(F)(F)F)cc1)C(=O)O. The molecule has 0 saturated heterocycles. The summed E-state index contributed by atoms with van der Waals surface area (Å²) in [5.74, 6) is -5.84. The molecule has 2 atom stereocenters. The Hall–Kier alpha value is -3.11. The number of carboxylic acid groups (broad SMARTS) is 1. The molecule has 0 unspecified atom stereocenters. The van der Waals surface area contributed by atoms with Crippen LogP contribution in [-0.2, 0) is 41.2 Å². The molecule has 0 radical (unpaired) electrons. The number of carbonyl (C=O) groups is 4. The Balaban J connectivity index is 2.95. The molecule has 0 bridgehead atoms. The number of hydrogen-bond acceptors (Lipinski definition) is 6. The average Bonchev–Trinajstić information content (AvgIpc) is 2.64. The predicted molar refractivity (Wildman–Crippen MR) is 96.1 cm³/mol. The predicted octanol–water partition coefficient (Wildman–Crippen LogP) is 1.95. The Morgan fingerprint density at radius 1 is 1.03 bits per heavy atom. The maximum Gasteiger partial charge on any atom is 0.416 e. The van der Waals surface area contributed by atoms with E-state index in [1.807, 2.05) is 0 Å². The largest absolute Gasteiger partial charge is 0.480 e. The van der Waals surface area contributed by atoms with Crippen LogP contribution >= 0.6 is 0 Å². The molecule has 0 aromatic heterocycles. The number of aliphatic carboxylic acids is 1. The van der Waals surface area contributed by atoms with Gasteiger partial charge in [-0.3, -0.25) is 14.4 Å². The van der Waals surface area contributed by atoms with E-state index >= 15 is 0 Å². The highest BCUT2D eigenvalue weighted by molar-refractivity contribution is 5.91. The van der Waals surface area contributed by atoms with Crippen LogP contribution in [0.1, 0.15) is 31.4 Å². The first-order valence-electron chi connectivity index (χ1n) is 9.00. The van der Waals surface area contributed by atoms with E-state index in [4.69, 9.17) is 9.47 Å².